The first-order chi connectivity index (χ1) is 5.75. The summed E-state index contributed by atoms with van der Waals surface area (Å²) in [6.45, 7) is 6.50. The summed E-state index contributed by atoms with van der Waals surface area (Å²) in [5.74, 6) is 0.466. The number of nitrogens with zero attached hydrogens (tertiary/aromatic N) is 2. The molecule has 1 saturated heterocycles. The molecule has 1 fully saturated rings. The summed E-state index contributed by atoms with van der Waals surface area (Å²) < 4.78 is 0. The van der Waals surface area contributed by atoms with Crippen LogP contribution in [0.1, 0.15) is 33.1 Å². The smallest absolute Gasteiger partial charge is 0.100 e. The Morgan fingerprint density at radius 1 is 1.17 bits per heavy atom. The minimum Gasteiger partial charge on any atom is -0.288 e. The maximum absolute atomic E-state index is 8.96. The van der Waals surface area contributed by atoms with E-state index in [2.05, 4.69) is 24.8 Å². The van der Waals surface area contributed by atoms with Gasteiger partial charge in [0.15, 0.2) is 0 Å². The molecule has 2 nitrogen and oxygen atoms in total. The van der Waals surface area contributed by atoms with Crippen molar-refractivity contribution in [2.45, 2.75) is 39.2 Å². The molecule has 0 bridgehead atoms. The molecule has 68 valence electrons. The molecule has 0 aromatic rings. The van der Waals surface area contributed by atoms with Gasteiger partial charge >= 0.3 is 0 Å². The lowest BCUT2D eigenvalue weighted by molar-refractivity contribution is 0.164. The third kappa shape index (κ3) is 2.22. The molecule has 0 spiro atoms. The van der Waals surface area contributed by atoms with Crippen molar-refractivity contribution in [3.8, 4) is 6.07 Å². The lowest BCUT2D eigenvalue weighted by atomic mass is 10.0. The standard InChI is InChI=1S/C10H18N2/c1-9(2)10(8-11)12-6-4-3-5-7-12/h9-10H,3-7H2,1-2H3/t10-/m0/s1. The van der Waals surface area contributed by atoms with E-state index in [9.17, 15) is 0 Å². The normalized spacial score (nSPS) is 22.2. The molecule has 1 aliphatic heterocycles. The highest BCUT2D eigenvalue weighted by molar-refractivity contribution is 4.94. The van der Waals surface area contributed by atoms with Crippen LogP contribution in [-0.2, 0) is 0 Å². The van der Waals surface area contributed by atoms with Crippen molar-refractivity contribution in [1.82, 2.24) is 4.90 Å². The Morgan fingerprint density at radius 2 is 1.75 bits per heavy atom. The molecule has 2 heteroatoms. The summed E-state index contributed by atoms with van der Waals surface area (Å²) >= 11 is 0. The predicted molar refractivity (Wildman–Crippen MR) is 49.7 cm³/mol. The molecule has 0 aliphatic carbocycles. The Kier molecular flexibility index (Phi) is 3.55. The zero-order chi connectivity index (χ0) is 8.97. The van der Waals surface area contributed by atoms with Gasteiger partial charge in [0.2, 0.25) is 0 Å². The van der Waals surface area contributed by atoms with Crippen LogP contribution in [0.4, 0.5) is 0 Å². The van der Waals surface area contributed by atoms with Gasteiger partial charge in [-0.3, -0.25) is 4.90 Å². The highest BCUT2D eigenvalue weighted by Crippen LogP contribution is 2.16. The van der Waals surface area contributed by atoms with Gasteiger partial charge < -0.3 is 0 Å². The van der Waals surface area contributed by atoms with Crippen LogP contribution in [0.3, 0.4) is 0 Å². The van der Waals surface area contributed by atoms with Crippen LogP contribution in [0.5, 0.6) is 0 Å². The average Bonchev–Trinajstić information content (AvgIpc) is 2.07. The van der Waals surface area contributed by atoms with Crippen LogP contribution in [0, 0.1) is 17.2 Å². The van der Waals surface area contributed by atoms with E-state index in [1.54, 1.807) is 0 Å². The van der Waals surface area contributed by atoms with Crippen molar-refractivity contribution in [2.75, 3.05) is 13.1 Å². The quantitative estimate of drug-likeness (QED) is 0.627. The molecule has 1 atom stereocenters. The van der Waals surface area contributed by atoms with Crippen LogP contribution in [0.25, 0.3) is 0 Å². The third-order valence-corrected chi connectivity index (χ3v) is 2.55. The summed E-state index contributed by atoms with van der Waals surface area (Å²) in [5.41, 5.74) is 0. The Hall–Kier alpha value is -0.550. The molecule has 0 saturated carbocycles. The zero-order valence-electron chi connectivity index (χ0n) is 8.08. The van der Waals surface area contributed by atoms with Gasteiger partial charge in [-0.2, -0.15) is 5.26 Å². The summed E-state index contributed by atoms with van der Waals surface area (Å²) in [4.78, 5) is 2.33. The van der Waals surface area contributed by atoms with Crippen molar-refractivity contribution < 1.29 is 0 Å². The number of likely N-dealkylation sites (tertiary alicyclic amines) is 1. The number of rotatable bonds is 2. The van der Waals surface area contributed by atoms with Gasteiger partial charge in [0.25, 0.3) is 0 Å². The van der Waals surface area contributed by atoms with Gasteiger partial charge in [0.1, 0.15) is 6.04 Å². The van der Waals surface area contributed by atoms with E-state index in [0.717, 1.165) is 13.1 Å². The lowest BCUT2D eigenvalue weighted by Gasteiger charge is -2.32. The molecule has 1 rings (SSSR count). The second-order valence-corrected chi connectivity index (χ2v) is 3.91. The highest BCUT2D eigenvalue weighted by Gasteiger charge is 2.22. The van der Waals surface area contributed by atoms with Crippen molar-refractivity contribution in [1.29, 1.82) is 5.26 Å². The summed E-state index contributed by atoms with van der Waals surface area (Å²) in [5, 5.41) is 8.96. The third-order valence-electron chi connectivity index (χ3n) is 2.55. The maximum Gasteiger partial charge on any atom is 0.100 e. The van der Waals surface area contributed by atoms with Crippen LogP contribution >= 0.6 is 0 Å². The summed E-state index contributed by atoms with van der Waals surface area (Å²) in [6.07, 6.45) is 3.88. The number of hydrogen-bond acceptors (Lipinski definition) is 2. The van der Waals surface area contributed by atoms with Gasteiger partial charge in [-0.15, -0.1) is 0 Å². The van der Waals surface area contributed by atoms with E-state index >= 15 is 0 Å². The second-order valence-electron chi connectivity index (χ2n) is 3.91. The Morgan fingerprint density at radius 3 is 2.17 bits per heavy atom. The van der Waals surface area contributed by atoms with Gasteiger partial charge in [-0.25, -0.2) is 0 Å². The molecule has 1 aliphatic rings. The van der Waals surface area contributed by atoms with E-state index in [0.29, 0.717) is 5.92 Å². The van der Waals surface area contributed by atoms with Crippen molar-refractivity contribution in [3.05, 3.63) is 0 Å². The molecule has 0 N–H and O–H groups in total. The summed E-state index contributed by atoms with van der Waals surface area (Å²) in [6, 6.07) is 2.54. The molecular formula is C10H18N2. The predicted octanol–water partition coefficient (Wildman–Crippen LogP) is 2.02. The monoisotopic (exact) mass is 166 g/mol. The fourth-order valence-corrected chi connectivity index (χ4v) is 1.85. The molecular weight excluding hydrogens is 148 g/mol. The first kappa shape index (κ1) is 9.54. The Bertz CT molecular complexity index is 163. The van der Waals surface area contributed by atoms with Crippen LogP contribution in [0.15, 0.2) is 0 Å². The molecule has 12 heavy (non-hydrogen) atoms. The largest absolute Gasteiger partial charge is 0.288 e. The van der Waals surface area contributed by atoms with Crippen LogP contribution in [0.2, 0.25) is 0 Å². The molecule has 1 heterocycles. The second kappa shape index (κ2) is 4.47. The van der Waals surface area contributed by atoms with Crippen molar-refractivity contribution >= 4 is 0 Å². The van der Waals surface area contributed by atoms with Gasteiger partial charge in [0.05, 0.1) is 6.07 Å². The molecule has 0 amide bonds. The fourth-order valence-electron chi connectivity index (χ4n) is 1.85. The number of nitriles is 1. The van der Waals surface area contributed by atoms with Crippen molar-refractivity contribution in [2.24, 2.45) is 5.92 Å². The number of hydrogen-bond donors (Lipinski definition) is 0. The molecule has 0 aromatic heterocycles. The molecule has 0 aromatic carbocycles. The first-order valence-electron chi connectivity index (χ1n) is 4.89. The molecule has 0 radical (unpaired) electrons. The Labute approximate surface area is 75.2 Å². The maximum atomic E-state index is 8.96. The van der Waals surface area contributed by atoms with Crippen molar-refractivity contribution in [3.63, 3.8) is 0 Å². The van der Waals surface area contributed by atoms with E-state index in [1.807, 2.05) is 0 Å². The van der Waals surface area contributed by atoms with E-state index < -0.39 is 0 Å². The van der Waals surface area contributed by atoms with E-state index in [-0.39, 0.29) is 6.04 Å². The zero-order valence-corrected chi connectivity index (χ0v) is 8.08. The van der Waals surface area contributed by atoms with Gasteiger partial charge in [0, 0.05) is 0 Å². The number of piperidine rings is 1. The van der Waals surface area contributed by atoms with E-state index in [1.165, 1.54) is 19.3 Å². The average molecular weight is 166 g/mol. The minimum atomic E-state index is 0.144. The first-order valence-corrected chi connectivity index (χ1v) is 4.89. The van der Waals surface area contributed by atoms with E-state index in [4.69, 9.17) is 5.26 Å². The van der Waals surface area contributed by atoms with Crippen LogP contribution < -0.4 is 0 Å². The minimum absolute atomic E-state index is 0.144. The van der Waals surface area contributed by atoms with Crippen LogP contribution in [-0.4, -0.2) is 24.0 Å². The summed E-state index contributed by atoms with van der Waals surface area (Å²) in [7, 11) is 0. The lowest BCUT2D eigenvalue weighted by Crippen LogP contribution is -2.41. The fraction of sp³-hybridized carbons (Fsp3) is 0.900. The van der Waals surface area contributed by atoms with Gasteiger partial charge in [-0.1, -0.05) is 20.3 Å². The topological polar surface area (TPSA) is 27.0 Å². The Balaban J connectivity index is 2.47. The highest BCUT2D eigenvalue weighted by atomic mass is 15.2. The molecule has 0 unspecified atom stereocenters. The SMILES string of the molecule is CC(C)[C@H](C#N)N1CCCCC1. The van der Waals surface area contributed by atoms with Gasteiger partial charge in [-0.05, 0) is 31.8 Å².